The van der Waals surface area contributed by atoms with E-state index < -0.39 is 17.5 Å². The lowest BCUT2D eigenvalue weighted by Crippen LogP contribution is -2.21. The predicted molar refractivity (Wildman–Crippen MR) is 177 cm³/mol. The molecule has 0 aliphatic carbocycles. The Morgan fingerprint density at radius 1 is 0.667 bits per heavy atom. The van der Waals surface area contributed by atoms with Crippen LogP contribution in [0.2, 0.25) is 10.0 Å². The molecule has 0 atom stereocenters. The van der Waals surface area contributed by atoms with E-state index in [1.807, 2.05) is 13.8 Å². The van der Waals surface area contributed by atoms with Crippen LogP contribution in [0, 0.1) is 25.2 Å². The van der Waals surface area contributed by atoms with Crippen LogP contribution in [0.3, 0.4) is 0 Å². The van der Waals surface area contributed by atoms with Crippen molar-refractivity contribution in [3.05, 3.63) is 152 Å². The largest absolute Gasteiger partial charge is 0.462 e. The van der Waals surface area contributed by atoms with Crippen LogP contribution < -0.4 is 0 Å². The summed E-state index contributed by atoms with van der Waals surface area (Å²) in [5.41, 5.74) is 3.21. The maximum absolute atomic E-state index is 14.6. The molecule has 0 fully saturated rings. The molecule has 5 rings (SSSR count). The van der Waals surface area contributed by atoms with E-state index in [0.29, 0.717) is 26.7 Å². The van der Waals surface area contributed by atoms with Crippen molar-refractivity contribution >= 4 is 40.7 Å². The van der Waals surface area contributed by atoms with Gasteiger partial charge in [0.1, 0.15) is 6.07 Å². The van der Waals surface area contributed by atoms with Crippen LogP contribution in [0.5, 0.6) is 0 Å². The maximum atomic E-state index is 14.6. The zero-order valence-electron chi connectivity index (χ0n) is 24.8. The molecule has 45 heavy (non-hydrogen) atoms. The Morgan fingerprint density at radius 3 is 1.53 bits per heavy atom. The van der Waals surface area contributed by atoms with E-state index in [1.165, 1.54) is 0 Å². The lowest BCUT2D eigenvalue weighted by Gasteiger charge is -2.24. The molecule has 5 nitrogen and oxygen atoms in total. The van der Waals surface area contributed by atoms with Gasteiger partial charge in [-0.25, -0.2) is 4.79 Å². The molecule has 0 N–H and O–H groups in total. The Morgan fingerprint density at radius 2 is 1.11 bits per heavy atom. The number of nitriles is 1. The number of hydrogen-bond acceptors (Lipinski definition) is 5. The molecule has 0 unspecified atom stereocenters. The number of carbonyl (C=O) groups is 3. The first-order valence-corrected chi connectivity index (χ1v) is 15.0. The highest BCUT2D eigenvalue weighted by molar-refractivity contribution is 6.32. The second-order valence-electron chi connectivity index (χ2n) is 10.5. The van der Waals surface area contributed by atoms with E-state index in [1.54, 1.807) is 104 Å². The molecule has 7 heteroatoms. The molecule has 0 aromatic heterocycles. The van der Waals surface area contributed by atoms with E-state index in [-0.39, 0.29) is 45.6 Å². The Kier molecular flexibility index (Phi) is 9.29. The highest BCUT2D eigenvalue weighted by Crippen LogP contribution is 2.45. The van der Waals surface area contributed by atoms with Crippen LogP contribution in [-0.2, 0) is 4.74 Å². The molecule has 0 amide bonds. The van der Waals surface area contributed by atoms with Gasteiger partial charge in [-0.05, 0) is 56.2 Å². The quantitative estimate of drug-likeness (QED) is 0.126. The molecule has 0 heterocycles. The van der Waals surface area contributed by atoms with Crippen molar-refractivity contribution in [2.75, 3.05) is 6.61 Å². The topological polar surface area (TPSA) is 84.2 Å². The van der Waals surface area contributed by atoms with E-state index in [0.717, 1.165) is 11.1 Å². The molecule has 0 aliphatic rings. The van der Waals surface area contributed by atoms with Crippen molar-refractivity contribution in [1.82, 2.24) is 0 Å². The molecule has 0 radical (unpaired) electrons. The average molecular weight is 633 g/mol. The molecule has 222 valence electrons. The number of carbonyl (C=O) groups excluding carboxylic acids is 3. The third kappa shape index (κ3) is 6.30. The number of aryl methyl sites for hydroxylation is 2. The molecule has 5 aromatic carbocycles. The number of esters is 1. The first-order valence-electron chi connectivity index (χ1n) is 14.2. The van der Waals surface area contributed by atoms with Gasteiger partial charge < -0.3 is 4.74 Å². The third-order valence-electron chi connectivity index (χ3n) is 7.40. The number of benzene rings is 5. The van der Waals surface area contributed by atoms with Gasteiger partial charge in [0.2, 0.25) is 0 Å². The summed E-state index contributed by atoms with van der Waals surface area (Å²) in [5.74, 6) is -1.93. The van der Waals surface area contributed by atoms with Crippen LogP contribution in [-0.4, -0.2) is 24.1 Å². The molecular formula is C38H27Cl2NO4. The second kappa shape index (κ2) is 13.3. The summed E-state index contributed by atoms with van der Waals surface area (Å²) in [6.45, 7) is 5.40. The number of rotatable bonds is 8. The smallest absolute Gasteiger partial charge is 0.340 e. The van der Waals surface area contributed by atoms with Crippen molar-refractivity contribution in [3.63, 3.8) is 0 Å². The van der Waals surface area contributed by atoms with Crippen molar-refractivity contribution in [2.24, 2.45) is 0 Å². The van der Waals surface area contributed by atoms with Crippen LogP contribution >= 0.6 is 23.2 Å². The molecule has 0 saturated carbocycles. The molecule has 0 saturated heterocycles. The zero-order valence-corrected chi connectivity index (χ0v) is 26.3. The second-order valence-corrected chi connectivity index (χ2v) is 11.4. The highest BCUT2D eigenvalue weighted by Gasteiger charge is 2.36. The van der Waals surface area contributed by atoms with Gasteiger partial charge in [0.15, 0.2) is 11.6 Å². The fourth-order valence-electron chi connectivity index (χ4n) is 5.29. The Balaban J connectivity index is 2.07. The highest BCUT2D eigenvalue weighted by atomic mass is 35.5. The molecule has 5 aromatic rings. The van der Waals surface area contributed by atoms with Gasteiger partial charge in [0, 0.05) is 43.4 Å². The Hall–Kier alpha value is -5.02. The van der Waals surface area contributed by atoms with Crippen molar-refractivity contribution in [2.45, 2.75) is 20.8 Å². The van der Waals surface area contributed by atoms with Crippen LogP contribution in [0.25, 0.3) is 22.3 Å². The van der Waals surface area contributed by atoms with Crippen molar-refractivity contribution in [3.8, 4) is 28.3 Å². The molecule has 0 spiro atoms. The van der Waals surface area contributed by atoms with Crippen molar-refractivity contribution < 1.29 is 19.1 Å². The molecule has 0 bridgehead atoms. The van der Waals surface area contributed by atoms with Gasteiger partial charge in [0.05, 0.1) is 17.7 Å². The summed E-state index contributed by atoms with van der Waals surface area (Å²) in [7, 11) is 0. The van der Waals surface area contributed by atoms with E-state index in [2.05, 4.69) is 6.07 Å². The third-order valence-corrected chi connectivity index (χ3v) is 7.87. The summed E-state index contributed by atoms with van der Waals surface area (Å²) < 4.78 is 5.45. The van der Waals surface area contributed by atoms with Gasteiger partial charge in [0.25, 0.3) is 0 Å². The minimum absolute atomic E-state index is 0.0222. The minimum atomic E-state index is -0.900. The predicted octanol–water partition coefficient (Wildman–Crippen LogP) is 9.45. The van der Waals surface area contributed by atoms with Crippen molar-refractivity contribution in [1.29, 1.82) is 5.26 Å². The van der Waals surface area contributed by atoms with Gasteiger partial charge >= 0.3 is 5.97 Å². The van der Waals surface area contributed by atoms with E-state index >= 15 is 0 Å². The lowest BCUT2D eigenvalue weighted by atomic mass is 9.77. The van der Waals surface area contributed by atoms with Gasteiger partial charge in [-0.2, -0.15) is 5.26 Å². The molecular weight excluding hydrogens is 605 g/mol. The maximum Gasteiger partial charge on any atom is 0.340 e. The zero-order chi connectivity index (χ0) is 32.2. The van der Waals surface area contributed by atoms with E-state index in [4.69, 9.17) is 27.9 Å². The van der Waals surface area contributed by atoms with Gasteiger partial charge in [-0.3, -0.25) is 9.59 Å². The van der Waals surface area contributed by atoms with Gasteiger partial charge in [-0.15, -0.1) is 0 Å². The first-order chi connectivity index (χ1) is 21.6. The normalized spacial score (nSPS) is 10.7. The van der Waals surface area contributed by atoms with Crippen LogP contribution in [0.4, 0.5) is 0 Å². The first kappa shape index (κ1) is 31.4. The number of ether oxygens (including phenoxy) is 1. The number of hydrogen-bond donors (Lipinski definition) is 0. The fraction of sp³-hybridized carbons (Fsp3) is 0.105. The standard InChI is InChI=1S/C38H27Cl2NO4/c1-4-45-38(44)34-30(21-41)33(36(42)24-15-11-22(2)12-16-24)31(26-7-5-9-28(39)19-26)32(27-8-6-10-29(40)20-27)35(34)37(43)25-17-13-23(3)14-18-25/h5-20H,4H2,1-3H3. The summed E-state index contributed by atoms with van der Waals surface area (Å²) in [4.78, 5) is 43.0. The molecule has 0 aliphatic heterocycles. The van der Waals surface area contributed by atoms with Crippen LogP contribution in [0.15, 0.2) is 97.1 Å². The number of nitrogens with zero attached hydrogens (tertiary/aromatic N) is 1. The SMILES string of the molecule is CCOC(=O)c1c(C#N)c(C(=O)c2ccc(C)cc2)c(-c2cccc(Cl)c2)c(-c2cccc(Cl)c2)c1C(=O)c1ccc(C)cc1. The summed E-state index contributed by atoms with van der Waals surface area (Å²) in [6, 6.07) is 29.5. The Labute approximate surface area is 271 Å². The number of halogens is 2. The minimum Gasteiger partial charge on any atom is -0.462 e. The monoisotopic (exact) mass is 631 g/mol. The van der Waals surface area contributed by atoms with Crippen LogP contribution in [0.1, 0.15) is 65.8 Å². The summed E-state index contributed by atoms with van der Waals surface area (Å²) in [5, 5.41) is 11.5. The van der Waals surface area contributed by atoms with E-state index in [9.17, 15) is 19.6 Å². The fourth-order valence-corrected chi connectivity index (χ4v) is 5.67. The lowest BCUT2D eigenvalue weighted by molar-refractivity contribution is 0.0523. The summed E-state index contributed by atoms with van der Waals surface area (Å²) >= 11 is 13.0. The summed E-state index contributed by atoms with van der Waals surface area (Å²) in [6.07, 6.45) is 0. The van der Waals surface area contributed by atoms with Gasteiger partial charge in [-0.1, -0.05) is 107 Å². The average Bonchev–Trinajstić information content (AvgIpc) is 3.03. The Bertz CT molecular complexity index is 2010. The number of ketones is 2.